The fraction of sp³-hybridized carbons (Fsp3) is 0.133. The highest BCUT2D eigenvalue weighted by molar-refractivity contribution is 6.48. The van der Waals surface area contributed by atoms with E-state index in [0.717, 1.165) is 6.20 Å². The molecule has 0 amide bonds. The predicted molar refractivity (Wildman–Crippen MR) is 89.4 cm³/mol. The molecular formula is C15H8Cl3F2N3O2. The summed E-state index contributed by atoms with van der Waals surface area (Å²) in [4.78, 5) is 19.9. The first-order chi connectivity index (χ1) is 11.9. The summed E-state index contributed by atoms with van der Waals surface area (Å²) in [5, 5.41) is -0.158. The van der Waals surface area contributed by atoms with Gasteiger partial charge in [0.15, 0.2) is 11.5 Å². The summed E-state index contributed by atoms with van der Waals surface area (Å²) < 4.78 is 32.3. The molecule has 0 unspecified atom stereocenters. The maximum Gasteiger partial charge on any atom is 0.358 e. The Morgan fingerprint density at radius 3 is 2.64 bits per heavy atom. The lowest BCUT2D eigenvalue weighted by Crippen LogP contribution is -2.12. The number of halogens is 5. The van der Waals surface area contributed by atoms with E-state index < -0.39 is 19.1 Å². The molecule has 25 heavy (non-hydrogen) atoms. The van der Waals surface area contributed by atoms with Gasteiger partial charge in [0.05, 0.1) is 26.1 Å². The number of para-hydroxylation sites is 2. The molecule has 10 heteroatoms. The third kappa shape index (κ3) is 3.40. The fourth-order valence-electron chi connectivity index (χ4n) is 2.20. The Kier molecular flexibility index (Phi) is 5.08. The number of hydrogen-bond acceptors (Lipinski definition) is 4. The summed E-state index contributed by atoms with van der Waals surface area (Å²) >= 11 is 17.5. The number of ether oxygens (including phenoxy) is 1. The van der Waals surface area contributed by atoms with Gasteiger partial charge in [-0.1, -0.05) is 46.9 Å². The number of fused-ring (bicyclic) bond motifs is 1. The Hall–Kier alpha value is -1.96. The number of imidazole rings is 1. The lowest BCUT2D eigenvalue weighted by molar-refractivity contribution is 0.0382. The lowest BCUT2D eigenvalue weighted by atomic mass is 10.3. The van der Waals surface area contributed by atoms with Gasteiger partial charge in [-0.15, -0.1) is 0 Å². The predicted octanol–water partition coefficient (Wildman–Crippen LogP) is 5.14. The zero-order valence-corrected chi connectivity index (χ0v) is 14.5. The van der Waals surface area contributed by atoms with E-state index in [4.69, 9.17) is 39.5 Å². The number of rotatable bonds is 4. The number of benzene rings is 1. The highest BCUT2D eigenvalue weighted by Crippen LogP contribution is 2.31. The topological polar surface area (TPSA) is 57.0 Å². The summed E-state index contributed by atoms with van der Waals surface area (Å²) in [5.41, 5.74) is 0.324. The largest absolute Gasteiger partial charge is 0.453 e. The molecule has 0 radical (unpaired) electrons. The molecule has 5 nitrogen and oxygen atoms in total. The van der Waals surface area contributed by atoms with E-state index in [9.17, 15) is 13.6 Å². The minimum Gasteiger partial charge on any atom is -0.453 e. The number of hydrogen-bond donors (Lipinski definition) is 0. The van der Waals surface area contributed by atoms with Gasteiger partial charge in [-0.05, 0) is 12.1 Å². The van der Waals surface area contributed by atoms with Gasteiger partial charge in [0, 0.05) is 6.20 Å². The SMILES string of the molecule is O=C(OCc1nc2ccccc2n1C(F)F)c1ncc(Cl)c(Cl)c1Cl. The van der Waals surface area contributed by atoms with E-state index >= 15 is 0 Å². The van der Waals surface area contributed by atoms with Gasteiger partial charge >= 0.3 is 12.5 Å². The molecule has 3 rings (SSSR count). The highest BCUT2D eigenvalue weighted by Gasteiger charge is 2.22. The summed E-state index contributed by atoms with van der Waals surface area (Å²) in [7, 11) is 0. The highest BCUT2D eigenvalue weighted by atomic mass is 35.5. The van der Waals surface area contributed by atoms with E-state index in [1.54, 1.807) is 18.2 Å². The van der Waals surface area contributed by atoms with Gasteiger partial charge in [-0.2, -0.15) is 8.78 Å². The summed E-state index contributed by atoms with van der Waals surface area (Å²) in [6, 6.07) is 6.35. The third-order valence-corrected chi connectivity index (χ3v) is 4.55. The van der Waals surface area contributed by atoms with E-state index in [0.29, 0.717) is 10.1 Å². The molecule has 0 saturated heterocycles. The van der Waals surface area contributed by atoms with E-state index in [2.05, 4.69) is 9.97 Å². The van der Waals surface area contributed by atoms with Crippen LogP contribution in [0.1, 0.15) is 22.9 Å². The molecule has 3 aromatic rings. The van der Waals surface area contributed by atoms with Gasteiger partial charge in [0.1, 0.15) is 6.61 Å². The van der Waals surface area contributed by atoms with Gasteiger partial charge < -0.3 is 4.74 Å². The van der Waals surface area contributed by atoms with Crippen LogP contribution in [0, 0.1) is 0 Å². The molecule has 2 heterocycles. The first-order valence-electron chi connectivity index (χ1n) is 6.80. The van der Waals surface area contributed by atoms with Crippen molar-refractivity contribution in [2.24, 2.45) is 0 Å². The van der Waals surface area contributed by atoms with Crippen molar-refractivity contribution in [3.8, 4) is 0 Å². The molecule has 0 aliphatic heterocycles. The van der Waals surface area contributed by atoms with Crippen molar-refractivity contribution < 1.29 is 18.3 Å². The van der Waals surface area contributed by atoms with Crippen LogP contribution >= 0.6 is 34.8 Å². The van der Waals surface area contributed by atoms with E-state index in [1.807, 2.05) is 0 Å². The fourth-order valence-corrected chi connectivity index (χ4v) is 2.76. The molecule has 130 valence electrons. The van der Waals surface area contributed by atoms with Crippen molar-refractivity contribution in [1.29, 1.82) is 0 Å². The van der Waals surface area contributed by atoms with Gasteiger partial charge in [0.2, 0.25) is 0 Å². The van der Waals surface area contributed by atoms with Crippen molar-refractivity contribution in [1.82, 2.24) is 14.5 Å². The van der Waals surface area contributed by atoms with Crippen LogP contribution in [-0.4, -0.2) is 20.5 Å². The van der Waals surface area contributed by atoms with Crippen LogP contribution in [-0.2, 0) is 11.3 Å². The molecule has 0 fully saturated rings. The summed E-state index contributed by atoms with van der Waals surface area (Å²) in [5.74, 6) is -1.04. The molecule has 0 aliphatic rings. The Morgan fingerprint density at radius 2 is 1.92 bits per heavy atom. The Morgan fingerprint density at radius 1 is 1.20 bits per heavy atom. The second-order valence-electron chi connectivity index (χ2n) is 4.82. The van der Waals surface area contributed by atoms with Crippen molar-refractivity contribution in [2.45, 2.75) is 13.2 Å². The van der Waals surface area contributed by atoms with Crippen LogP contribution in [0.2, 0.25) is 15.1 Å². The second kappa shape index (κ2) is 7.11. The molecule has 1 aromatic carbocycles. The molecule has 0 atom stereocenters. The van der Waals surface area contributed by atoms with Crippen molar-refractivity contribution in [2.75, 3.05) is 0 Å². The zero-order valence-electron chi connectivity index (χ0n) is 12.2. The molecule has 2 aromatic heterocycles. The number of esters is 1. The number of alkyl halides is 2. The summed E-state index contributed by atoms with van der Waals surface area (Å²) in [6.45, 7) is -3.33. The normalized spacial score (nSPS) is 11.3. The Bertz CT molecular complexity index is 963. The number of carbonyl (C=O) groups is 1. The third-order valence-electron chi connectivity index (χ3n) is 3.31. The van der Waals surface area contributed by atoms with Crippen LogP contribution < -0.4 is 0 Å². The quantitative estimate of drug-likeness (QED) is 0.563. The first kappa shape index (κ1) is 17.8. The molecule has 0 bridgehead atoms. The van der Waals surface area contributed by atoms with Crippen LogP contribution in [0.4, 0.5) is 8.78 Å². The van der Waals surface area contributed by atoms with Gasteiger partial charge in [-0.25, -0.2) is 14.8 Å². The Labute approximate surface area is 155 Å². The summed E-state index contributed by atoms with van der Waals surface area (Å²) in [6.07, 6.45) is 1.14. The second-order valence-corrected chi connectivity index (χ2v) is 5.99. The molecule has 0 aliphatic carbocycles. The van der Waals surface area contributed by atoms with Crippen LogP contribution in [0.25, 0.3) is 11.0 Å². The molecule has 0 spiro atoms. The average molecular weight is 407 g/mol. The minimum atomic E-state index is -2.84. The first-order valence-corrected chi connectivity index (χ1v) is 7.94. The molecule has 0 N–H and O–H groups in total. The zero-order chi connectivity index (χ0) is 18.1. The maximum atomic E-state index is 13.3. The number of carbonyl (C=O) groups excluding carboxylic acids is 1. The smallest absolute Gasteiger partial charge is 0.358 e. The number of aromatic nitrogens is 3. The average Bonchev–Trinajstić information content (AvgIpc) is 2.96. The number of pyridine rings is 1. The molecule has 0 saturated carbocycles. The molecular weight excluding hydrogens is 399 g/mol. The van der Waals surface area contributed by atoms with Crippen molar-refractivity contribution in [3.05, 3.63) is 57.0 Å². The van der Waals surface area contributed by atoms with Crippen LogP contribution in [0.15, 0.2) is 30.5 Å². The van der Waals surface area contributed by atoms with E-state index in [-0.39, 0.29) is 32.1 Å². The van der Waals surface area contributed by atoms with Crippen molar-refractivity contribution in [3.63, 3.8) is 0 Å². The van der Waals surface area contributed by atoms with E-state index in [1.165, 1.54) is 6.07 Å². The number of nitrogens with zero attached hydrogens (tertiary/aromatic N) is 3. The maximum absolute atomic E-state index is 13.3. The Balaban J connectivity index is 1.87. The van der Waals surface area contributed by atoms with Crippen LogP contribution in [0.5, 0.6) is 0 Å². The standard InChI is InChI=1S/C15H8Cl3F2N3O2/c16-7-5-21-13(12(18)11(7)17)14(24)25-6-10-22-8-3-1-2-4-9(8)23(10)15(19)20/h1-5,15H,6H2. The minimum absolute atomic E-state index is 0.0508. The lowest BCUT2D eigenvalue weighted by Gasteiger charge is -2.09. The van der Waals surface area contributed by atoms with Crippen molar-refractivity contribution >= 4 is 51.8 Å². The van der Waals surface area contributed by atoms with Gasteiger partial charge in [-0.3, -0.25) is 4.57 Å². The van der Waals surface area contributed by atoms with Gasteiger partial charge in [0.25, 0.3) is 0 Å². The monoisotopic (exact) mass is 405 g/mol. The van der Waals surface area contributed by atoms with Crippen LogP contribution in [0.3, 0.4) is 0 Å².